The van der Waals surface area contributed by atoms with Crippen LogP contribution in [0.15, 0.2) is 0 Å². The van der Waals surface area contributed by atoms with Crippen molar-refractivity contribution in [3.8, 4) is 0 Å². The van der Waals surface area contributed by atoms with Crippen LogP contribution in [0.5, 0.6) is 0 Å². The summed E-state index contributed by atoms with van der Waals surface area (Å²) in [7, 11) is 0. The average Bonchev–Trinajstić information content (AvgIpc) is 1.54. The Hall–Kier alpha value is 0. The van der Waals surface area contributed by atoms with Crippen LogP contribution >= 0.6 is 0 Å². The Morgan fingerprint density at radius 3 is 1.00 bits per heavy atom. The van der Waals surface area contributed by atoms with Crippen molar-refractivity contribution in [1.29, 1.82) is 0 Å². The summed E-state index contributed by atoms with van der Waals surface area (Å²) < 4.78 is 0. The second-order valence-electron chi connectivity index (χ2n) is 6.31. The van der Waals surface area contributed by atoms with E-state index in [1.165, 1.54) is 12.8 Å². The first-order chi connectivity index (χ1) is 5.06. The van der Waals surface area contributed by atoms with Crippen LogP contribution in [0.2, 0.25) is 0 Å². The monoisotopic (exact) mass is 172 g/mol. The van der Waals surface area contributed by atoms with Gasteiger partial charge in [0, 0.05) is 0 Å². The zero-order valence-electron chi connectivity index (χ0n) is 10.4. The van der Waals surface area contributed by atoms with E-state index >= 15 is 0 Å². The first kappa shape index (κ1) is 14.5. The lowest BCUT2D eigenvalue weighted by molar-refractivity contribution is 0.373. The molecule has 0 aromatic carbocycles. The highest BCUT2D eigenvalue weighted by atomic mass is 14.1. The molecule has 0 heteroatoms. The number of hydrogen-bond acceptors (Lipinski definition) is 0. The van der Waals surface area contributed by atoms with Crippen LogP contribution in [0.25, 0.3) is 0 Å². The zero-order chi connectivity index (χ0) is 10.4. The maximum Gasteiger partial charge on any atom is -0.0383 e. The van der Waals surface area contributed by atoms with Gasteiger partial charge in [-0.2, -0.15) is 0 Å². The van der Waals surface area contributed by atoms with E-state index in [1.54, 1.807) is 0 Å². The minimum Gasteiger partial charge on any atom is -0.0654 e. The Kier molecular flexibility index (Phi) is 6.79. The summed E-state index contributed by atoms with van der Waals surface area (Å²) in [5, 5.41) is 0. The lowest BCUT2D eigenvalue weighted by Crippen LogP contribution is -2.02. The van der Waals surface area contributed by atoms with Gasteiger partial charge in [-0.25, -0.2) is 0 Å². The molecule has 0 nitrogen and oxygen atoms in total. The van der Waals surface area contributed by atoms with Gasteiger partial charge in [0.05, 0.1) is 0 Å². The lowest BCUT2D eigenvalue weighted by atomic mass is 9.91. The lowest BCUT2D eigenvalue weighted by Gasteiger charge is -2.15. The van der Waals surface area contributed by atoms with Crippen LogP contribution < -0.4 is 0 Å². The highest BCUT2D eigenvalue weighted by Gasteiger charge is 2.06. The molecule has 0 aliphatic carbocycles. The molecule has 0 amide bonds. The summed E-state index contributed by atoms with van der Waals surface area (Å²) in [6, 6.07) is 0. The zero-order valence-corrected chi connectivity index (χ0v) is 10.4. The molecule has 0 aliphatic rings. The van der Waals surface area contributed by atoms with E-state index in [2.05, 4.69) is 55.4 Å². The Bertz CT molecular complexity index is 81.6. The summed E-state index contributed by atoms with van der Waals surface area (Å²) in [5.41, 5.74) is 1.05. The van der Waals surface area contributed by atoms with Gasteiger partial charge in [-0.15, -0.1) is 0 Å². The smallest absolute Gasteiger partial charge is 0.0383 e. The fourth-order valence-electron chi connectivity index (χ4n) is 0.750. The molecule has 0 aromatic heterocycles. The van der Waals surface area contributed by atoms with Crippen molar-refractivity contribution in [2.45, 2.75) is 68.2 Å². The maximum absolute atomic E-state index is 2.27. The van der Waals surface area contributed by atoms with E-state index in [0.717, 1.165) is 0 Å². The summed E-state index contributed by atoms with van der Waals surface area (Å²) in [4.78, 5) is 0. The molecule has 76 valence electrons. The van der Waals surface area contributed by atoms with E-state index in [0.29, 0.717) is 10.8 Å². The van der Waals surface area contributed by atoms with Crippen LogP contribution in [-0.4, -0.2) is 0 Å². The third-order valence-electron chi connectivity index (χ3n) is 1.000. The highest BCUT2D eigenvalue weighted by Crippen LogP contribution is 2.19. The van der Waals surface area contributed by atoms with Gasteiger partial charge in [-0.1, -0.05) is 61.8 Å². The molecule has 0 spiro atoms. The van der Waals surface area contributed by atoms with Crippen molar-refractivity contribution in [2.24, 2.45) is 10.8 Å². The topological polar surface area (TPSA) is 0 Å². The molecule has 0 aliphatic heterocycles. The molecule has 0 N–H and O–H groups in total. The second kappa shape index (κ2) is 5.61. The van der Waals surface area contributed by atoms with E-state index in [4.69, 9.17) is 0 Å². The van der Waals surface area contributed by atoms with Crippen molar-refractivity contribution < 1.29 is 0 Å². The van der Waals surface area contributed by atoms with Gasteiger partial charge in [-0.05, 0) is 17.3 Å². The average molecular weight is 172 g/mol. The molecule has 0 heterocycles. The first-order valence-electron chi connectivity index (χ1n) is 5.06. The van der Waals surface area contributed by atoms with Crippen molar-refractivity contribution in [3.05, 3.63) is 0 Å². The minimum absolute atomic E-state index is 0.500. The van der Waals surface area contributed by atoms with Gasteiger partial charge in [0.25, 0.3) is 0 Å². The van der Waals surface area contributed by atoms with E-state index in [-0.39, 0.29) is 0 Å². The van der Waals surface area contributed by atoms with Crippen LogP contribution in [0.3, 0.4) is 0 Å². The molecule has 0 bridgehead atoms. The van der Waals surface area contributed by atoms with Crippen molar-refractivity contribution >= 4 is 0 Å². The van der Waals surface area contributed by atoms with Gasteiger partial charge in [0.1, 0.15) is 0 Å². The standard InChI is InChI=1S/C7H16.C5H12/c1-5-6-7(2,3)4;1-5(2,3)4/h5-6H2,1-4H3;1-4H3. The van der Waals surface area contributed by atoms with Gasteiger partial charge in [0.2, 0.25) is 0 Å². The van der Waals surface area contributed by atoms with E-state index in [9.17, 15) is 0 Å². The van der Waals surface area contributed by atoms with E-state index in [1.807, 2.05) is 0 Å². The number of hydrogen-bond donors (Lipinski definition) is 0. The minimum atomic E-state index is 0.500. The van der Waals surface area contributed by atoms with Crippen LogP contribution in [0, 0.1) is 10.8 Å². The van der Waals surface area contributed by atoms with Gasteiger partial charge in [0.15, 0.2) is 0 Å². The summed E-state index contributed by atoms with van der Waals surface area (Å²) in [6.45, 7) is 17.8. The third kappa shape index (κ3) is 50.6. The van der Waals surface area contributed by atoms with Crippen LogP contribution in [-0.2, 0) is 0 Å². The highest BCUT2D eigenvalue weighted by molar-refractivity contribution is 4.58. The first-order valence-corrected chi connectivity index (χ1v) is 5.06. The van der Waals surface area contributed by atoms with Gasteiger partial charge in [-0.3, -0.25) is 0 Å². The van der Waals surface area contributed by atoms with E-state index < -0.39 is 0 Å². The summed E-state index contributed by atoms with van der Waals surface area (Å²) in [5.74, 6) is 0. The fraction of sp³-hybridized carbons (Fsp3) is 1.00. The largest absolute Gasteiger partial charge is 0.0654 e. The molecule has 0 radical (unpaired) electrons. The van der Waals surface area contributed by atoms with Gasteiger partial charge < -0.3 is 0 Å². The van der Waals surface area contributed by atoms with Crippen molar-refractivity contribution in [3.63, 3.8) is 0 Å². The molecule has 0 atom stereocenters. The predicted molar refractivity (Wildman–Crippen MR) is 59.5 cm³/mol. The fourth-order valence-corrected chi connectivity index (χ4v) is 0.750. The Balaban J connectivity index is 0. The number of rotatable bonds is 1. The quantitative estimate of drug-likeness (QED) is 0.528. The molecule has 12 heavy (non-hydrogen) atoms. The normalized spacial score (nSPS) is 12.0. The molecule has 0 unspecified atom stereocenters. The molecule has 0 fully saturated rings. The van der Waals surface area contributed by atoms with Crippen LogP contribution in [0.4, 0.5) is 0 Å². The molecular weight excluding hydrogens is 144 g/mol. The Morgan fingerprint density at radius 2 is 1.00 bits per heavy atom. The van der Waals surface area contributed by atoms with Gasteiger partial charge >= 0.3 is 0 Å². The predicted octanol–water partition coefficient (Wildman–Crippen LogP) is 4.89. The molecular formula is C12H28. The second-order valence-corrected chi connectivity index (χ2v) is 6.31. The summed E-state index contributed by atoms with van der Waals surface area (Å²) in [6.07, 6.45) is 2.65. The van der Waals surface area contributed by atoms with Crippen molar-refractivity contribution in [2.75, 3.05) is 0 Å². The van der Waals surface area contributed by atoms with Crippen molar-refractivity contribution in [1.82, 2.24) is 0 Å². The molecule has 0 saturated heterocycles. The Labute approximate surface area is 79.8 Å². The van der Waals surface area contributed by atoms with Crippen LogP contribution in [0.1, 0.15) is 68.2 Å². The SMILES string of the molecule is CC(C)(C)C.CCCC(C)(C)C. The third-order valence-corrected chi connectivity index (χ3v) is 1.000. The molecule has 0 aromatic rings. The Morgan fingerprint density at radius 1 is 0.750 bits per heavy atom. The molecule has 0 rings (SSSR count). The summed E-state index contributed by atoms with van der Waals surface area (Å²) >= 11 is 0. The maximum atomic E-state index is 2.27. The molecule has 0 saturated carbocycles.